The normalized spacial score (nSPS) is 15.9. The largest absolute Gasteiger partial charge is 0.372 e. The summed E-state index contributed by atoms with van der Waals surface area (Å²) in [6, 6.07) is 83.9. The van der Waals surface area contributed by atoms with Gasteiger partial charge in [0, 0.05) is 43.0 Å². The molecule has 0 atom stereocenters. The molecule has 0 N–H and O–H groups in total. The lowest BCUT2D eigenvalue weighted by molar-refractivity contribution is 0.126. The predicted molar refractivity (Wildman–Crippen MR) is 408 cm³/mol. The van der Waals surface area contributed by atoms with Gasteiger partial charge in [0.2, 0.25) is 0 Å². The lowest BCUT2D eigenvalue weighted by atomic mass is 9.85. The van der Waals surface area contributed by atoms with Gasteiger partial charge in [-0.05, 0) is 148 Å². The van der Waals surface area contributed by atoms with Crippen molar-refractivity contribution < 1.29 is 47.0 Å². The monoisotopic (exact) mass is 1410 g/mol. The van der Waals surface area contributed by atoms with Crippen molar-refractivity contribution in [3.05, 3.63) is 332 Å². The second-order valence-corrected chi connectivity index (χ2v) is 36.8. The van der Waals surface area contributed by atoms with Gasteiger partial charge in [0.05, 0.1) is 106 Å². The lowest BCUT2D eigenvalue weighted by Gasteiger charge is -2.32. The van der Waals surface area contributed by atoms with Crippen molar-refractivity contribution in [3.63, 3.8) is 0 Å². The third-order valence-electron chi connectivity index (χ3n) is 21.7. The Kier molecular flexibility index (Phi) is 17.1. The molecule has 20 rings (SSSR count). The molecule has 102 heavy (non-hydrogen) atoms. The average Bonchev–Trinajstić information content (AvgIpc) is 1.22. The Labute approximate surface area is 596 Å². The molecule has 12 aromatic carbocycles. The Balaban J connectivity index is 0.000000141. The van der Waals surface area contributed by atoms with Crippen LogP contribution in [-0.2, 0) is 153 Å². The van der Waals surface area contributed by atoms with Crippen molar-refractivity contribution in [2.45, 2.75) is 106 Å². The second-order valence-electron chi connectivity index (χ2n) is 27.1. The summed E-state index contributed by atoms with van der Waals surface area (Å²) in [5.74, 6) is 0. The molecule has 8 heterocycles. The van der Waals surface area contributed by atoms with Gasteiger partial charge in [-0.1, -0.05) is 243 Å². The van der Waals surface area contributed by atoms with E-state index in [1.807, 2.05) is 121 Å². The SMILES string of the molecule is O=P(c1ccccc1)(c1ccccc1)c1c2c(c3c(c1-c1c4c(c5c(c1P(=O)(c1ccccc1)c1ccccc1)COC5)COC4)COC3)COC2.c1ccc(P(c2ccccc2)c2c3c(c4c(c2-c2c5c(c6c(c2P(c2ccccc2)c2ccccc2)COC6)COC5)COC4)COC3)cc1. The topological polar surface area (TPSA) is 108 Å². The van der Waals surface area contributed by atoms with Crippen LogP contribution in [0.2, 0.25) is 0 Å². The van der Waals surface area contributed by atoms with Crippen LogP contribution >= 0.6 is 30.1 Å². The molecule has 0 amide bonds. The number of hydrogen-bond acceptors (Lipinski definition) is 10. The highest BCUT2D eigenvalue weighted by molar-refractivity contribution is 7.86. The second kappa shape index (κ2) is 27.0. The van der Waals surface area contributed by atoms with Crippen LogP contribution in [0, 0.1) is 0 Å². The summed E-state index contributed by atoms with van der Waals surface area (Å²) in [5.41, 5.74) is 23.3. The van der Waals surface area contributed by atoms with Gasteiger partial charge in [0.15, 0.2) is 14.3 Å². The smallest absolute Gasteiger partial charge is 0.172 e. The molecule has 14 heteroatoms. The summed E-state index contributed by atoms with van der Waals surface area (Å²) in [6.07, 6.45) is 0. The predicted octanol–water partition coefficient (Wildman–Crippen LogP) is 13.7. The zero-order chi connectivity index (χ0) is 67.9. The van der Waals surface area contributed by atoms with Crippen LogP contribution in [0.15, 0.2) is 243 Å². The third-order valence-corrected chi connectivity index (χ3v) is 33.2. The molecule has 0 radical (unpaired) electrons. The van der Waals surface area contributed by atoms with Gasteiger partial charge in [-0.25, -0.2) is 0 Å². The first-order valence-electron chi connectivity index (χ1n) is 35.1. The molecule has 0 saturated carbocycles. The van der Waals surface area contributed by atoms with E-state index in [0.29, 0.717) is 106 Å². The van der Waals surface area contributed by atoms with Crippen molar-refractivity contribution >= 4 is 93.8 Å². The van der Waals surface area contributed by atoms with E-state index in [-0.39, 0.29) is 0 Å². The van der Waals surface area contributed by atoms with E-state index in [4.69, 9.17) is 37.9 Å². The molecule has 0 spiro atoms. The van der Waals surface area contributed by atoms with E-state index in [1.165, 1.54) is 87.5 Å². The minimum absolute atomic E-state index is 0.325. The van der Waals surface area contributed by atoms with Gasteiger partial charge < -0.3 is 47.0 Å². The first-order valence-corrected chi connectivity index (χ1v) is 41.2. The van der Waals surface area contributed by atoms with Gasteiger partial charge in [-0.2, -0.15) is 0 Å². The maximum absolute atomic E-state index is 16.8. The lowest BCUT2D eigenvalue weighted by Crippen LogP contribution is -2.34. The van der Waals surface area contributed by atoms with Crippen LogP contribution in [0.4, 0.5) is 0 Å². The standard InChI is InChI=1S/C44H36O6P2.C44H36O4P2/c45-51(29-13-5-1-6-14-29,30-15-7-2-8-16-30)43-39-27-49-23-35(39)33-21-47-25-37(33)41(43)42-38-26-48-22-34(38)36-24-50-28-40(36)44(42)52(46,31-17-9-3-10-18-31)32-19-11-4-12-20-32;1-5-13-29(14-6-1)49(30-15-7-2-8-16-30)43-39-27-47-23-35(39)33-21-45-25-37(33)41(43)42-38-26-46-22-34(38)36-24-48-28-40(36)44(42)50(31-17-9-3-10-18-31)32-19-11-4-12-20-32/h1-20H,21-28H2;1-20H,21-28H2. The zero-order valence-electron chi connectivity index (χ0n) is 56.3. The number of ether oxygens (including phenoxy) is 8. The van der Waals surface area contributed by atoms with Crippen LogP contribution in [0.3, 0.4) is 0 Å². The number of hydrogen-bond donors (Lipinski definition) is 0. The van der Waals surface area contributed by atoms with Crippen molar-refractivity contribution in [2.75, 3.05) is 0 Å². The minimum Gasteiger partial charge on any atom is -0.372 e. The van der Waals surface area contributed by atoms with Crippen LogP contribution in [0.25, 0.3) is 22.3 Å². The number of fused-ring (bicyclic) bond motifs is 12. The van der Waals surface area contributed by atoms with Crippen LogP contribution < -0.4 is 63.7 Å². The zero-order valence-corrected chi connectivity index (χ0v) is 59.9. The van der Waals surface area contributed by atoms with Gasteiger partial charge in [0.1, 0.15) is 0 Å². The summed E-state index contributed by atoms with van der Waals surface area (Å²) in [7, 11) is -9.13. The first-order chi connectivity index (χ1) is 50.5. The quantitative estimate of drug-likeness (QED) is 0.0977. The number of benzene rings is 12. The maximum atomic E-state index is 16.8. The summed E-state index contributed by atoms with van der Waals surface area (Å²) in [5, 5.41) is 12.7. The van der Waals surface area contributed by atoms with Crippen molar-refractivity contribution in [1.82, 2.24) is 0 Å². The van der Waals surface area contributed by atoms with E-state index in [9.17, 15) is 0 Å². The summed E-state index contributed by atoms with van der Waals surface area (Å²) >= 11 is 0. The summed E-state index contributed by atoms with van der Waals surface area (Å²) in [6.45, 7) is 7.98. The van der Waals surface area contributed by atoms with Crippen LogP contribution in [0.1, 0.15) is 89.0 Å². The molecular formula is C88H72O10P4. The average molecular weight is 1410 g/mol. The van der Waals surface area contributed by atoms with Gasteiger partial charge in [-0.15, -0.1) is 0 Å². The summed E-state index contributed by atoms with van der Waals surface area (Å²) < 4.78 is 84.4. The molecule has 8 aliphatic heterocycles. The molecule has 0 saturated heterocycles. The maximum Gasteiger partial charge on any atom is 0.172 e. The molecule has 0 aromatic heterocycles. The van der Waals surface area contributed by atoms with E-state index in [0.717, 1.165) is 87.5 Å². The number of rotatable bonds is 14. The fourth-order valence-corrected chi connectivity index (χ4v) is 28.9. The Morgan fingerprint density at radius 2 is 0.373 bits per heavy atom. The Hall–Kier alpha value is -8.36. The third kappa shape index (κ3) is 10.5. The molecule has 8 aliphatic rings. The molecule has 0 bridgehead atoms. The summed E-state index contributed by atoms with van der Waals surface area (Å²) in [4.78, 5) is 0. The molecule has 0 aliphatic carbocycles. The highest BCUT2D eigenvalue weighted by atomic mass is 31.2. The molecular weight excluding hydrogens is 1340 g/mol. The van der Waals surface area contributed by atoms with Gasteiger partial charge in [0.25, 0.3) is 0 Å². The molecule has 10 nitrogen and oxygen atoms in total. The van der Waals surface area contributed by atoms with E-state index in [1.54, 1.807) is 0 Å². The van der Waals surface area contributed by atoms with Crippen LogP contribution in [-0.4, -0.2) is 0 Å². The highest BCUT2D eigenvalue weighted by Gasteiger charge is 2.48. The highest BCUT2D eigenvalue weighted by Crippen LogP contribution is 2.58. The van der Waals surface area contributed by atoms with Crippen LogP contribution in [0.5, 0.6) is 0 Å². The van der Waals surface area contributed by atoms with Gasteiger partial charge >= 0.3 is 0 Å². The van der Waals surface area contributed by atoms with Crippen molar-refractivity contribution in [3.8, 4) is 22.3 Å². The molecule has 12 aromatic rings. The fourth-order valence-electron chi connectivity index (χ4n) is 17.3. The van der Waals surface area contributed by atoms with Gasteiger partial charge in [-0.3, -0.25) is 0 Å². The van der Waals surface area contributed by atoms with Crippen molar-refractivity contribution in [1.29, 1.82) is 0 Å². The Morgan fingerprint density at radius 3 is 0.618 bits per heavy atom. The van der Waals surface area contributed by atoms with E-state index < -0.39 is 30.1 Å². The molecule has 504 valence electrons. The first kappa shape index (κ1) is 64.5. The van der Waals surface area contributed by atoms with Crippen molar-refractivity contribution in [2.24, 2.45) is 0 Å². The fraction of sp³-hybridized carbons (Fsp3) is 0.182. The molecule has 0 unspecified atom stereocenters. The van der Waals surface area contributed by atoms with E-state index in [2.05, 4.69) is 121 Å². The molecule has 0 fully saturated rings. The minimum atomic E-state index is -3.61. The Bertz CT molecular complexity index is 4860. The Morgan fingerprint density at radius 1 is 0.196 bits per heavy atom. The van der Waals surface area contributed by atoms with E-state index >= 15 is 9.13 Å².